The van der Waals surface area contributed by atoms with Crippen molar-refractivity contribution in [1.82, 2.24) is 4.98 Å². The standard InChI is InChI=1S/C21H17F2N3O2/c1-12-4-3-5-13(2)19(12)26-21(28)18-10-14(8-9-24-18)20(27)25-15-6-7-16(22)17(23)11-15/h3-11H,1-2H3,(H,25,27)(H,26,28). The summed E-state index contributed by atoms with van der Waals surface area (Å²) in [6.45, 7) is 3.75. The molecule has 2 aromatic carbocycles. The Bertz CT molecular complexity index is 1050. The molecule has 0 radical (unpaired) electrons. The highest BCUT2D eigenvalue weighted by atomic mass is 19.2. The fraction of sp³-hybridized carbons (Fsp3) is 0.0952. The van der Waals surface area contributed by atoms with Gasteiger partial charge in [-0.1, -0.05) is 18.2 Å². The first-order valence-electron chi connectivity index (χ1n) is 8.45. The lowest BCUT2D eigenvalue weighted by molar-refractivity contribution is 0.102. The lowest BCUT2D eigenvalue weighted by Crippen LogP contribution is -2.18. The molecular formula is C21H17F2N3O2. The number of rotatable bonds is 4. The molecule has 0 aliphatic heterocycles. The van der Waals surface area contributed by atoms with Gasteiger partial charge >= 0.3 is 0 Å². The molecule has 2 N–H and O–H groups in total. The quantitative estimate of drug-likeness (QED) is 0.700. The molecule has 2 amide bonds. The van der Waals surface area contributed by atoms with E-state index in [1.807, 2.05) is 32.0 Å². The summed E-state index contributed by atoms with van der Waals surface area (Å²) < 4.78 is 26.3. The number of pyridine rings is 1. The van der Waals surface area contributed by atoms with Gasteiger partial charge in [0.2, 0.25) is 0 Å². The van der Waals surface area contributed by atoms with Gasteiger partial charge in [-0.2, -0.15) is 0 Å². The summed E-state index contributed by atoms with van der Waals surface area (Å²) in [5, 5.41) is 5.26. The predicted molar refractivity (Wildman–Crippen MR) is 102 cm³/mol. The van der Waals surface area contributed by atoms with Crippen molar-refractivity contribution < 1.29 is 18.4 Å². The number of para-hydroxylation sites is 1. The largest absolute Gasteiger partial charge is 0.322 e. The molecule has 5 nitrogen and oxygen atoms in total. The van der Waals surface area contributed by atoms with E-state index in [1.54, 1.807) is 0 Å². The summed E-state index contributed by atoms with van der Waals surface area (Å²) in [5.41, 5.74) is 2.81. The van der Waals surface area contributed by atoms with Crippen molar-refractivity contribution in [3.05, 3.63) is 88.7 Å². The number of hydrogen-bond donors (Lipinski definition) is 2. The third-order valence-corrected chi connectivity index (χ3v) is 4.15. The summed E-state index contributed by atoms with van der Waals surface area (Å²) >= 11 is 0. The van der Waals surface area contributed by atoms with Crippen molar-refractivity contribution in [2.24, 2.45) is 0 Å². The van der Waals surface area contributed by atoms with Gasteiger partial charge in [-0.05, 0) is 49.2 Å². The summed E-state index contributed by atoms with van der Waals surface area (Å²) in [5.74, 6) is -3.11. The number of aromatic nitrogens is 1. The lowest BCUT2D eigenvalue weighted by atomic mass is 10.1. The molecule has 0 bridgehead atoms. The maximum Gasteiger partial charge on any atom is 0.274 e. The Kier molecular flexibility index (Phi) is 5.44. The van der Waals surface area contributed by atoms with Crippen LogP contribution < -0.4 is 10.6 Å². The van der Waals surface area contributed by atoms with Crippen LogP contribution in [0.2, 0.25) is 0 Å². The van der Waals surface area contributed by atoms with Gasteiger partial charge in [0.1, 0.15) is 5.69 Å². The number of hydrogen-bond acceptors (Lipinski definition) is 3. The molecule has 142 valence electrons. The summed E-state index contributed by atoms with van der Waals surface area (Å²) in [6.07, 6.45) is 1.33. The van der Waals surface area contributed by atoms with Gasteiger partial charge in [0.05, 0.1) is 0 Å². The topological polar surface area (TPSA) is 71.1 Å². The van der Waals surface area contributed by atoms with Gasteiger partial charge in [-0.25, -0.2) is 8.78 Å². The molecule has 0 aliphatic carbocycles. The minimum Gasteiger partial charge on any atom is -0.322 e. The Labute approximate surface area is 160 Å². The predicted octanol–water partition coefficient (Wildman–Crippen LogP) is 4.48. The number of benzene rings is 2. The van der Waals surface area contributed by atoms with Crippen LogP contribution in [0.4, 0.5) is 20.2 Å². The molecular weight excluding hydrogens is 364 g/mol. The highest BCUT2D eigenvalue weighted by molar-refractivity contribution is 6.08. The van der Waals surface area contributed by atoms with Crippen LogP contribution >= 0.6 is 0 Å². The van der Waals surface area contributed by atoms with Crippen molar-refractivity contribution in [1.29, 1.82) is 0 Å². The zero-order valence-corrected chi connectivity index (χ0v) is 15.2. The van der Waals surface area contributed by atoms with E-state index in [-0.39, 0.29) is 16.9 Å². The second-order valence-electron chi connectivity index (χ2n) is 6.23. The molecule has 0 unspecified atom stereocenters. The van der Waals surface area contributed by atoms with Gasteiger partial charge in [-0.15, -0.1) is 0 Å². The molecule has 3 rings (SSSR count). The van der Waals surface area contributed by atoms with Crippen LogP contribution in [0.15, 0.2) is 54.7 Å². The number of aryl methyl sites for hydroxylation is 2. The van der Waals surface area contributed by atoms with E-state index >= 15 is 0 Å². The number of halogens is 2. The molecule has 1 heterocycles. The fourth-order valence-electron chi connectivity index (χ4n) is 2.66. The van der Waals surface area contributed by atoms with Crippen molar-refractivity contribution in [2.75, 3.05) is 10.6 Å². The van der Waals surface area contributed by atoms with E-state index in [0.717, 1.165) is 23.3 Å². The van der Waals surface area contributed by atoms with Crippen LogP contribution in [0, 0.1) is 25.5 Å². The maximum absolute atomic E-state index is 13.3. The Balaban J connectivity index is 1.78. The highest BCUT2D eigenvalue weighted by Crippen LogP contribution is 2.20. The molecule has 3 aromatic rings. The van der Waals surface area contributed by atoms with Crippen LogP contribution in [-0.2, 0) is 0 Å². The van der Waals surface area contributed by atoms with Gasteiger partial charge in [0, 0.05) is 29.2 Å². The molecule has 7 heteroatoms. The Morgan fingerprint density at radius 3 is 2.25 bits per heavy atom. The molecule has 0 atom stereocenters. The first-order valence-corrected chi connectivity index (χ1v) is 8.45. The second-order valence-corrected chi connectivity index (χ2v) is 6.23. The molecule has 0 spiro atoms. The second kappa shape index (κ2) is 7.96. The SMILES string of the molecule is Cc1cccc(C)c1NC(=O)c1cc(C(=O)Nc2ccc(F)c(F)c2)ccn1. The zero-order chi connectivity index (χ0) is 20.3. The fourth-order valence-corrected chi connectivity index (χ4v) is 2.66. The van der Waals surface area contributed by atoms with Gasteiger partial charge in [0.15, 0.2) is 11.6 Å². The van der Waals surface area contributed by atoms with Gasteiger partial charge in [0.25, 0.3) is 11.8 Å². The van der Waals surface area contributed by atoms with Gasteiger partial charge < -0.3 is 10.6 Å². The molecule has 0 saturated carbocycles. The van der Waals surface area contributed by atoms with Crippen molar-refractivity contribution in [2.45, 2.75) is 13.8 Å². The van der Waals surface area contributed by atoms with E-state index in [4.69, 9.17) is 0 Å². The molecule has 0 aliphatic rings. The van der Waals surface area contributed by atoms with E-state index in [9.17, 15) is 18.4 Å². The monoisotopic (exact) mass is 381 g/mol. The first kappa shape index (κ1) is 19.2. The number of anilines is 2. The average Bonchev–Trinajstić information content (AvgIpc) is 2.67. The van der Waals surface area contributed by atoms with Crippen molar-refractivity contribution in [3.8, 4) is 0 Å². The number of carbonyl (C=O) groups excluding carboxylic acids is 2. The maximum atomic E-state index is 13.3. The van der Waals surface area contributed by atoms with Crippen LogP contribution in [0.5, 0.6) is 0 Å². The smallest absolute Gasteiger partial charge is 0.274 e. The van der Waals surface area contributed by atoms with Crippen LogP contribution in [0.1, 0.15) is 32.0 Å². The zero-order valence-electron chi connectivity index (χ0n) is 15.2. The normalized spacial score (nSPS) is 10.4. The summed E-state index contributed by atoms with van der Waals surface area (Å²) in [7, 11) is 0. The summed E-state index contributed by atoms with van der Waals surface area (Å²) in [4.78, 5) is 28.9. The minimum atomic E-state index is -1.07. The van der Waals surface area contributed by atoms with Crippen LogP contribution in [-0.4, -0.2) is 16.8 Å². The lowest BCUT2D eigenvalue weighted by Gasteiger charge is -2.11. The Morgan fingerprint density at radius 1 is 0.857 bits per heavy atom. The number of nitrogens with zero attached hydrogens (tertiary/aromatic N) is 1. The van der Waals surface area contributed by atoms with Gasteiger partial charge in [-0.3, -0.25) is 14.6 Å². The molecule has 1 aromatic heterocycles. The Morgan fingerprint density at radius 2 is 1.57 bits per heavy atom. The van der Waals surface area contributed by atoms with Crippen molar-refractivity contribution >= 4 is 23.2 Å². The van der Waals surface area contributed by atoms with E-state index < -0.39 is 23.4 Å². The molecule has 28 heavy (non-hydrogen) atoms. The third kappa shape index (κ3) is 4.20. The molecule has 0 fully saturated rings. The number of nitrogens with one attached hydrogen (secondary N) is 2. The van der Waals surface area contributed by atoms with E-state index in [1.165, 1.54) is 24.4 Å². The van der Waals surface area contributed by atoms with Crippen LogP contribution in [0.25, 0.3) is 0 Å². The van der Waals surface area contributed by atoms with Crippen LogP contribution in [0.3, 0.4) is 0 Å². The molecule has 0 saturated heterocycles. The minimum absolute atomic E-state index is 0.0561. The first-order chi connectivity index (χ1) is 13.3. The van der Waals surface area contributed by atoms with E-state index in [2.05, 4.69) is 15.6 Å². The Hall–Kier alpha value is -3.61. The van der Waals surface area contributed by atoms with Crippen molar-refractivity contribution in [3.63, 3.8) is 0 Å². The number of carbonyl (C=O) groups is 2. The number of amides is 2. The highest BCUT2D eigenvalue weighted by Gasteiger charge is 2.14. The average molecular weight is 381 g/mol. The summed E-state index contributed by atoms with van der Waals surface area (Å²) in [6, 6.07) is 11.4. The third-order valence-electron chi connectivity index (χ3n) is 4.15. The van der Waals surface area contributed by atoms with E-state index in [0.29, 0.717) is 5.69 Å².